The molecule has 10 aromatic rings. The number of rotatable bonds is 6. The molecule has 0 spiro atoms. The van der Waals surface area contributed by atoms with Crippen LogP contribution in [0.2, 0.25) is 0 Å². The molecule has 1 aliphatic rings. The van der Waals surface area contributed by atoms with Crippen LogP contribution >= 0.6 is 0 Å². The molecule has 57 heavy (non-hydrogen) atoms. The molecule has 2 aromatic heterocycles. The van der Waals surface area contributed by atoms with Gasteiger partial charge in [-0.3, -0.25) is 0 Å². The normalized spacial score (nSPS) is 12.9. The SMILES string of the molecule is CC1(C)c2ccccc2-c2ccc(N(c3ccc4ccccc4c3)c3ccc4c(c3)oc3ccc(-c5nc(-c6ccccc6)nc(-c6ccccc6)n5)cc34)cc21. The molecule has 0 atom stereocenters. The van der Waals surface area contributed by atoms with Gasteiger partial charge in [-0.25, -0.2) is 15.0 Å². The fourth-order valence-corrected chi connectivity index (χ4v) is 8.58. The predicted octanol–water partition coefficient (Wildman–Crippen LogP) is 13.7. The molecule has 1 aliphatic carbocycles. The summed E-state index contributed by atoms with van der Waals surface area (Å²) in [6.45, 7) is 4.66. The van der Waals surface area contributed by atoms with Crippen molar-refractivity contribution in [2.24, 2.45) is 0 Å². The van der Waals surface area contributed by atoms with Crippen LogP contribution in [0.15, 0.2) is 186 Å². The fourth-order valence-electron chi connectivity index (χ4n) is 8.58. The van der Waals surface area contributed by atoms with Crippen LogP contribution in [-0.4, -0.2) is 15.0 Å². The number of fused-ring (bicyclic) bond motifs is 7. The first-order chi connectivity index (χ1) is 28.0. The molecule has 0 saturated carbocycles. The zero-order valence-corrected chi connectivity index (χ0v) is 31.5. The molecule has 0 fully saturated rings. The Balaban J connectivity index is 1.05. The second kappa shape index (κ2) is 12.9. The predicted molar refractivity (Wildman–Crippen MR) is 233 cm³/mol. The lowest BCUT2D eigenvalue weighted by Crippen LogP contribution is -2.16. The first kappa shape index (κ1) is 33.0. The Bertz CT molecular complexity index is 3110. The van der Waals surface area contributed by atoms with E-state index in [-0.39, 0.29) is 5.41 Å². The summed E-state index contributed by atoms with van der Waals surface area (Å²) in [4.78, 5) is 17.2. The summed E-state index contributed by atoms with van der Waals surface area (Å²) in [6, 6.07) is 63.8. The monoisotopic (exact) mass is 732 g/mol. The largest absolute Gasteiger partial charge is 0.456 e. The van der Waals surface area contributed by atoms with E-state index in [4.69, 9.17) is 19.4 Å². The van der Waals surface area contributed by atoms with E-state index < -0.39 is 0 Å². The summed E-state index contributed by atoms with van der Waals surface area (Å²) in [5, 5.41) is 4.43. The third-order valence-electron chi connectivity index (χ3n) is 11.5. The maximum absolute atomic E-state index is 6.63. The van der Waals surface area contributed by atoms with Crippen molar-refractivity contribution in [2.75, 3.05) is 4.90 Å². The van der Waals surface area contributed by atoms with Crippen LogP contribution in [-0.2, 0) is 5.41 Å². The number of anilines is 3. The van der Waals surface area contributed by atoms with Gasteiger partial charge in [-0.05, 0) is 87.6 Å². The van der Waals surface area contributed by atoms with Crippen LogP contribution in [0.1, 0.15) is 25.0 Å². The molecule has 0 bridgehead atoms. The summed E-state index contributed by atoms with van der Waals surface area (Å²) in [6.07, 6.45) is 0. The van der Waals surface area contributed by atoms with Gasteiger partial charge in [-0.2, -0.15) is 0 Å². The minimum Gasteiger partial charge on any atom is -0.456 e. The Morgan fingerprint density at radius 3 is 1.74 bits per heavy atom. The molecule has 0 saturated heterocycles. The molecule has 5 nitrogen and oxygen atoms in total. The van der Waals surface area contributed by atoms with Crippen molar-refractivity contribution in [3.8, 4) is 45.3 Å². The van der Waals surface area contributed by atoms with Crippen LogP contribution in [0.25, 0.3) is 78.0 Å². The first-order valence-electron chi connectivity index (χ1n) is 19.3. The van der Waals surface area contributed by atoms with E-state index in [0.717, 1.165) is 55.7 Å². The van der Waals surface area contributed by atoms with E-state index in [1.54, 1.807) is 0 Å². The van der Waals surface area contributed by atoms with Crippen LogP contribution < -0.4 is 4.90 Å². The van der Waals surface area contributed by atoms with Gasteiger partial charge in [0.05, 0.1) is 0 Å². The quantitative estimate of drug-likeness (QED) is 0.170. The van der Waals surface area contributed by atoms with E-state index in [1.807, 2.05) is 72.8 Å². The zero-order chi connectivity index (χ0) is 38.1. The molecular weight excluding hydrogens is 697 g/mol. The van der Waals surface area contributed by atoms with Crippen molar-refractivity contribution in [3.05, 3.63) is 193 Å². The van der Waals surface area contributed by atoms with Crippen molar-refractivity contribution in [2.45, 2.75) is 19.3 Å². The standard InChI is InChI=1S/C52H36N4O/c1-52(2)45-20-12-11-19-41(45)42-26-24-39(31-46(42)52)56(38-23-21-33-13-9-10-18-36(33)29-38)40-25-27-43-44-30-37(22-28-47(44)57-48(43)32-40)51-54-49(34-14-5-3-6-15-34)53-50(55-51)35-16-7-4-8-17-35/h3-32H,1-2H3. The van der Waals surface area contributed by atoms with Gasteiger partial charge in [0.15, 0.2) is 17.5 Å². The average molecular weight is 733 g/mol. The highest BCUT2D eigenvalue weighted by atomic mass is 16.3. The molecular formula is C52H36N4O. The lowest BCUT2D eigenvalue weighted by Gasteiger charge is -2.28. The highest BCUT2D eigenvalue weighted by Gasteiger charge is 2.35. The summed E-state index contributed by atoms with van der Waals surface area (Å²) in [7, 11) is 0. The second-order valence-electron chi connectivity index (χ2n) is 15.3. The third-order valence-corrected chi connectivity index (χ3v) is 11.5. The lowest BCUT2D eigenvalue weighted by molar-refractivity contribution is 0.660. The highest BCUT2D eigenvalue weighted by Crippen LogP contribution is 2.51. The Labute approximate surface area is 330 Å². The molecule has 270 valence electrons. The number of aromatic nitrogens is 3. The van der Waals surface area contributed by atoms with E-state index in [1.165, 1.54) is 33.0 Å². The number of nitrogens with zero attached hydrogens (tertiary/aromatic N) is 4. The minimum absolute atomic E-state index is 0.125. The number of hydrogen-bond donors (Lipinski definition) is 0. The van der Waals surface area contributed by atoms with Crippen molar-refractivity contribution in [1.29, 1.82) is 0 Å². The van der Waals surface area contributed by atoms with E-state index in [2.05, 4.69) is 128 Å². The Morgan fingerprint density at radius 2 is 0.982 bits per heavy atom. The van der Waals surface area contributed by atoms with Crippen molar-refractivity contribution in [3.63, 3.8) is 0 Å². The second-order valence-corrected chi connectivity index (χ2v) is 15.3. The van der Waals surface area contributed by atoms with Gasteiger partial charge in [0.2, 0.25) is 0 Å². The topological polar surface area (TPSA) is 55.1 Å². The summed E-state index contributed by atoms with van der Waals surface area (Å²) >= 11 is 0. The van der Waals surface area contributed by atoms with Gasteiger partial charge in [-0.1, -0.05) is 135 Å². The number of hydrogen-bond acceptors (Lipinski definition) is 5. The number of benzene rings is 8. The molecule has 11 rings (SSSR count). The van der Waals surface area contributed by atoms with E-state index in [9.17, 15) is 0 Å². The Kier molecular flexibility index (Phi) is 7.45. The molecule has 0 N–H and O–H groups in total. The summed E-state index contributed by atoms with van der Waals surface area (Å²) < 4.78 is 6.63. The molecule has 0 amide bonds. The van der Waals surface area contributed by atoms with Gasteiger partial charge in [0.25, 0.3) is 0 Å². The minimum atomic E-state index is -0.125. The third kappa shape index (κ3) is 5.50. The van der Waals surface area contributed by atoms with Crippen LogP contribution in [0.5, 0.6) is 0 Å². The van der Waals surface area contributed by atoms with Gasteiger partial charge in [0.1, 0.15) is 11.2 Å². The average Bonchev–Trinajstić information content (AvgIpc) is 3.74. The zero-order valence-electron chi connectivity index (χ0n) is 31.5. The van der Waals surface area contributed by atoms with Crippen molar-refractivity contribution < 1.29 is 4.42 Å². The Hall–Kier alpha value is -7.37. The van der Waals surface area contributed by atoms with E-state index >= 15 is 0 Å². The maximum atomic E-state index is 6.63. The van der Waals surface area contributed by atoms with Gasteiger partial charge in [-0.15, -0.1) is 0 Å². The van der Waals surface area contributed by atoms with Gasteiger partial charge in [0, 0.05) is 56.0 Å². The van der Waals surface area contributed by atoms with Crippen LogP contribution in [0.3, 0.4) is 0 Å². The highest BCUT2D eigenvalue weighted by molar-refractivity contribution is 6.07. The van der Waals surface area contributed by atoms with Crippen molar-refractivity contribution >= 4 is 49.8 Å². The number of furan rings is 1. The van der Waals surface area contributed by atoms with Crippen molar-refractivity contribution in [1.82, 2.24) is 15.0 Å². The van der Waals surface area contributed by atoms with Crippen LogP contribution in [0.4, 0.5) is 17.1 Å². The smallest absolute Gasteiger partial charge is 0.164 e. The molecule has 5 heteroatoms. The summed E-state index contributed by atoms with van der Waals surface area (Å²) in [5.41, 5.74) is 12.8. The van der Waals surface area contributed by atoms with Gasteiger partial charge >= 0.3 is 0 Å². The van der Waals surface area contributed by atoms with Gasteiger partial charge < -0.3 is 9.32 Å². The molecule has 0 unspecified atom stereocenters. The van der Waals surface area contributed by atoms with E-state index in [0.29, 0.717) is 17.5 Å². The first-order valence-corrected chi connectivity index (χ1v) is 19.3. The fraction of sp³-hybridized carbons (Fsp3) is 0.0577. The summed E-state index contributed by atoms with van der Waals surface area (Å²) in [5.74, 6) is 1.88. The van der Waals surface area contributed by atoms with Crippen LogP contribution in [0, 0.1) is 0 Å². The Morgan fingerprint density at radius 1 is 0.404 bits per heavy atom. The molecule has 2 heterocycles. The molecule has 0 aliphatic heterocycles. The molecule has 8 aromatic carbocycles. The lowest BCUT2D eigenvalue weighted by atomic mass is 9.82. The maximum Gasteiger partial charge on any atom is 0.164 e. The molecule has 0 radical (unpaired) electrons.